The number of nitrogens with zero attached hydrogens (tertiary/aromatic N) is 5. The van der Waals surface area contributed by atoms with Crippen LogP contribution in [0.15, 0.2) is 46.1 Å². The Hall–Kier alpha value is -5.18. The summed E-state index contributed by atoms with van der Waals surface area (Å²) in [6.07, 6.45) is 5.81. The molecule has 0 saturated heterocycles. The molecule has 2 aromatic carbocycles. The highest BCUT2D eigenvalue weighted by molar-refractivity contribution is 7.85. The second-order valence-corrected chi connectivity index (χ2v) is 18.3. The van der Waals surface area contributed by atoms with Crippen LogP contribution in [0.1, 0.15) is 44.5 Å². The molecule has 0 radical (unpaired) electrons. The number of amides is 1. The molecule has 0 atom stereocenters. The van der Waals surface area contributed by atoms with E-state index in [0.29, 0.717) is 148 Å². The van der Waals surface area contributed by atoms with Crippen LogP contribution in [0.3, 0.4) is 0 Å². The first-order chi connectivity index (χ1) is 38.1. The number of carbonyl (C=O) groups is 2. The molecule has 23 nitrogen and oxygen atoms in total. The summed E-state index contributed by atoms with van der Waals surface area (Å²) >= 11 is 0. The van der Waals surface area contributed by atoms with Crippen LogP contribution in [0.25, 0.3) is 17.2 Å². The van der Waals surface area contributed by atoms with Gasteiger partial charge in [-0.05, 0) is 38.1 Å². The van der Waals surface area contributed by atoms with Crippen molar-refractivity contribution in [2.75, 3.05) is 159 Å². The largest absolute Gasteiger partial charge is 0.420 e. The zero-order chi connectivity index (χ0) is 57.3. The average Bonchev–Trinajstić information content (AvgIpc) is 3.64. The quantitative estimate of drug-likeness (QED) is 0.0150. The van der Waals surface area contributed by atoms with Crippen LogP contribution in [0.2, 0.25) is 0 Å². The first-order valence-corrected chi connectivity index (χ1v) is 27.0. The van der Waals surface area contributed by atoms with Gasteiger partial charge in [-0.1, -0.05) is 19.1 Å². The highest BCUT2D eigenvalue weighted by atomic mass is 32.2. The number of aliphatic imine (C=N–C) groups is 1. The van der Waals surface area contributed by atoms with Gasteiger partial charge in [-0.15, -0.1) is 0 Å². The number of likely N-dealkylation sites (N-methyl/N-ethyl adjacent to an activating group) is 1. The van der Waals surface area contributed by atoms with Crippen molar-refractivity contribution in [1.82, 2.24) is 19.9 Å². The van der Waals surface area contributed by atoms with E-state index in [1.54, 1.807) is 12.4 Å². The molecule has 4 rings (SSSR count). The van der Waals surface area contributed by atoms with Gasteiger partial charge >= 0.3 is 16.1 Å². The molecule has 28 heteroatoms. The lowest BCUT2D eigenvalue weighted by atomic mass is 10.0. The summed E-state index contributed by atoms with van der Waals surface area (Å²) in [5.74, 6) is -11.9. The topological polar surface area (TPSA) is 270 Å². The van der Waals surface area contributed by atoms with Crippen molar-refractivity contribution >= 4 is 39.6 Å². The van der Waals surface area contributed by atoms with Gasteiger partial charge in [-0.25, -0.2) is 28.8 Å². The van der Waals surface area contributed by atoms with Crippen molar-refractivity contribution in [3.8, 4) is 16.9 Å². The van der Waals surface area contributed by atoms with E-state index < -0.39 is 56.4 Å². The van der Waals surface area contributed by atoms with Crippen LogP contribution >= 0.6 is 0 Å². The number of halogens is 4. The first-order valence-electron chi connectivity index (χ1n) is 25.6. The number of benzene rings is 2. The Morgan fingerprint density at radius 2 is 1.10 bits per heavy atom. The Labute approximate surface area is 457 Å². The molecule has 1 amide bonds. The second-order valence-electron chi connectivity index (χ2n) is 16.9. The third kappa shape index (κ3) is 25.0. The molecule has 79 heavy (non-hydrogen) atoms. The van der Waals surface area contributed by atoms with Crippen molar-refractivity contribution in [2.45, 2.75) is 44.6 Å². The molecule has 0 bridgehead atoms. The zero-order valence-electron chi connectivity index (χ0n) is 44.8. The standard InChI is InChI=1S/C51H72F4N6O17S/c1-4-9-61(77-5-2)51(63)39-31-38-7-6-37(32-41(38)59-42(56)33-39)40-34-57-43(58-35-40)36-60(3)10-12-68-14-16-70-18-20-72-22-24-74-26-28-76-30-29-75-27-25-73-23-21-71-19-17-69-15-13-67-11-8-44(62)78-49-45(52)47(54)50(79(64,65)66)48(55)46(49)53/h6-7,31-32,34-35H,4-5,8-30,33,36H2,1-3H3,(H2,56,59)(H,64,65,66). The summed E-state index contributed by atoms with van der Waals surface area (Å²) in [5.41, 5.74) is 9.93. The number of esters is 1. The number of aromatic nitrogens is 2. The number of amidine groups is 1. The highest BCUT2D eigenvalue weighted by Crippen LogP contribution is 2.34. The Morgan fingerprint density at radius 1 is 0.646 bits per heavy atom. The molecule has 0 unspecified atom stereocenters. The molecule has 442 valence electrons. The fraction of sp³-hybridized carbons (Fsp3) is 0.588. The minimum absolute atomic E-state index is 0.0209. The normalized spacial score (nSPS) is 12.6. The number of hydrogen-bond acceptors (Lipinski definition) is 21. The molecular weight excluding hydrogens is 1080 g/mol. The van der Waals surface area contributed by atoms with E-state index in [1.807, 2.05) is 45.2 Å². The summed E-state index contributed by atoms with van der Waals surface area (Å²) in [6, 6.07) is 5.79. The number of fused-ring (bicyclic) bond motifs is 1. The molecule has 1 aromatic heterocycles. The van der Waals surface area contributed by atoms with Gasteiger partial charge in [0.1, 0.15) is 11.7 Å². The molecule has 2 heterocycles. The maximum absolute atomic E-state index is 14.0. The number of rotatable bonds is 43. The molecule has 1 aliphatic rings. The minimum Gasteiger partial charge on any atom is -0.420 e. The van der Waals surface area contributed by atoms with Crippen LogP contribution in [-0.2, 0) is 78.5 Å². The van der Waals surface area contributed by atoms with Crippen molar-refractivity contribution in [3.05, 3.63) is 70.8 Å². The predicted molar refractivity (Wildman–Crippen MR) is 276 cm³/mol. The van der Waals surface area contributed by atoms with E-state index in [0.717, 1.165) is 23.1 Å². The Kier molecular flexibility index (Phi) is 31.7. The lowest BCUT2D eigenvalue weighted by molar-refractivity contribution is -0.180. The van der Waals surface area contributed by atoms with Gasteiger partial charge in [0, 0.05) is 48.6 Å². The van der Waals surface area contributed by atoms with E-state index in [9.17, 15) is 35.6 Å². The van der Waals surface area contributed by atoms with Crippen LogP contribution < -0.4 is 10.5 Å². The molecule has 0 aliphatic carbocycles. The van der Waals surface area contributed by atoms with Crippen LogP contribution in [0.4, 0.5) is 23.2 Å². The Bertz CT molecular complexity index is 2450. The van der Waals surface area contributed by atoms with Gasteiger partial charge in [-0.2, -0.15) is 17.2 Å². The summed E-state index contributed by atoms with van der Waals surface area (Å²) in [6.45, 7) is 12.5. The monoisotopic (exact) mass is 1150 g/mol. The smallest absolute Gasteiger partial charge is 0.313 e. The average molecular weight is 1150 g/mol. The van der Waals surface area contributed by atoms with E-state index in [4.69, 9.17) is 62.5 Å². The van der Waals surface area contributed by atoms with Crippen molar-refractivity contribution in [3.63, 3.8) is 0 Å². The maximum atomic E-state index is 14.0. The Balaban J connectivity index is 0.863. The minimum atomic E-state index is -5.65. The van der Waals surface area contributed by atoms with Gasteiger partial charge in [0.25, 0.3) is 5.91 Å². The predicted octanol–water partition coefficient (Wildman–Crippen LogP) is 4.51. The van der Waals surface area contributed by atoms with E-state index in [-0.39, 0.29) is 45.4 Å². The fourth-order valence-electron chi connectivity index (χ4n) is 6.89. The Morgan fingerprint density at radius 3 is 1.54 bits per heavy atom. The van der Waals surface area contributed by atoms with Gasteiger partial charge in [-0.3, -0.25) is 23.9 Å². The van der Waals surface area contributed by atoms with Crippen molar-refractivity contribution < 1.29 is 97.1 Å². The number of ether oxygens (including phenoxy) is 11. The van der Waals surface area contributed by atoms with E-state index in [1.165, 1.54) is 5.06 Å². The zero-order valence-corrected chi connectivity index (χ0v) is 45.6. The van der Waals surface area contributed by atoms with Gasteiger partial charge < -0.3 is 57.8 Å². The van der Waals surface area contributed by atoms with Crippen LogP contribution in [0.5, 0.6) is 5.75 Å². The number of carbonyl (C=O) groups excluding carboxylic acids is 2. The van der Waals surface area contributed by atoms with E-state index >= 15 is 0 Å². The number of nitrogens with two attached hydrogens (primary N) is 1. The third-order valence-corrected chi connectivity index (χ3v) is 11.6. The molecule has 0 spiro atoms. The van der Waals surface area contributed by atoms with Gasteiger partial charge in [0.2, 0.25) is 17.4 Å². The van der Waals surface area contributed by atoms with Gasteiger partial charge in [0.05, 0.1) is 157 Å². The SMILES string of the molecule is CCCN(OCC)C(=O)C1=Cc2ccc(-c3cnc(CN(C)CCOCCOCCOCCOCCOCCOCCOCCOCCOCCOCCC(=O)Oc4c(F)c(F)c(S(=O)(=O)O)c(F)c4F)nc3)cc2N=C(N)C1. The maximum Gasteiger partial charge on any atom is 0.313 e. The van der Waals surface area contributed by atoms with Gasteiger partial charge in [0.15, 0.2) is 16.5 Å². The van der Waals surface area contributed by atoms with Crippen molar-refractivity contribution in [1.29, 1.82) is 0 Å². The fourth-order valence-corrected chi connectivity index (χ4v) is 7.52. The lowest BCUT2D eigenvalue weighted by Gasteiger charge is -2.21. The molecule has 3 aromatic rings. The molecular formula is C51H72F4N6O17S. The molecule has 0 fully saturated rings. The van der Waals surface area contributed by atoms with E-state index in [2.05, 4.69) is 24.6 Å². The highest BCUT2D eigenvalue weighted by Gasteiger charge is 2.34. The summed E-state index contributed by atoms with van der Waals surface area (Å²) in [7, 11) is -3.67. The summed E-state index contributed by atoms with van der Waals surface area (Å²) in [4.78, 5) is 44.2. The molecule has 1 aliphatic heterocycles. The summed E-state index contributed by atoms with van der Waals surface area (Å²) < 4.78 is 145. The third-order valence-electron chi connectivity index (χ3n) is 10.7. The summed E-state index contributed by atoms with van der Waals surface area (Å²) in [5, 5.41) is 1.39. The van der Waals surface area contributed by atoms with Crippen molar-refractivity contribution in [2.24, 2.45) is 10.7 Å². The lowest BCUT2D eigenvalue weighted by Crippen LogP contribution is -2.34. The molecule has 3 N–H and O–H groups in total. The number of hydroxylamine groups is 2. The molecule has 0 saturated carbocycles. The first kappa shape index (κ1) is 66.3. The number of hydrogen-bond donors (Lipinski definition) is 2. The van der Waals surface area contributed by atoms with Crippen LogP contribution in [-0.4, -0.2) is 209 Å². The second kappa shape index (κ2) is 37.7. The van der Waals surface area contributed by atoms with Crippen LogP contribution in [0, 0.1) is 23.3 Å².